The van der Waals surface area contributed by atoms with Crippen molar-refractivity contribution in [1.82, 2.24) is 16.0 Å². The summed E-state index contributed by atoms with van der Waals surface area (Å²) in [6.07, 6.45) is 0.00626. The topological polar surface area (TPSA) is 191 Å². The molecular weight excluding hydrogens is 685 g/mol. The molecule has 0 unspecified atom stereocenters. The summed E-state index contributed by atoms with van der Waals surface area (Å²) >= 11 is 0. The molecule has 0 aliphatic carbocycles. The number of hydrogen-bond acceptors (Lipinski definition) is 6. The molecule has 0 fully saturated rings. The maximum absolute atomic E-state index is 14.0. The highest BCUT2D eigenvalue weighted by atomic mass is 31.2. The average Bonchev–Trinajstić information content (AvgIpc) is 3.11. The zero-order valence-corrected chi connectivity index (χ0v) is 28.8. The van der Waals surface area contributed by atoms with Crippen LogP contribution in [0, 0.1) is 0 Å². The van der Waals surface area contributed by atoms with Crippen LogP contribution in [0.4, 0.5) is 0 Å². The molecule has 0 saturated carbocycles. The number of phosphoric acid groups is 1. The van der Waals surface area contributed by atoms with E-state index in [9.17, 15) is 28.8 Å². The molecule has 0 aliphatic heterocycles. The first kappa shape index (κ1) is 37.4. The molecule has 13 heteroatoms. The van der Waals surface area contributed by atoms with Gasteiger partial charge < -0.3 is 25.6 Å². The molecule has 5 rings (SSSR count). The van der Waals surface area contributed by atoms with Gasteiger partial charge in [-0.25, -0.2) is 9.36 Å². The molecule has 0 bridgehead atoms. The van der Waals surface area contributed by atoms with Gasteiger partial charge in [-0.2, -0.15) is 0 Å². The van der Waals surface area contributed by atoms with E-state index in [4.69, 9.17) is 9.79 Å². The molecule has 268 valence electrons. The summed E-state index contributed by atoms with van der Waals surface area (Å²) in [6.45, 7) is 0. The predicted octanol–water partition coefficient (Wildman–Crippen LogP) is 4.12. The van der Waals surface area contributed by atoms with Crippen LogP contribution < -0.4 is 20.5 Å². The molecule has 0 saturated heterocycles. The molecule has 0 heterocycles. The average molecular weight is 724 g/mol. The van der Waals surface area contributed by atoms with Crippen LogP contribution >= 0.6 is 7.82 Å². The third-order valence-corrected chi connectivity index (χ3v) is 8.68. The maximum Gasteiger partial charge on any atom is 0.524 e. The lowest BCUT2D eigenvalue weighted by atomic mass is 10.0. The predicted molar refractivity (Wildman–Crippen MR) is 194 cm³/mol. The van der Waals surface area contributed by atoms with Crippen LogP contribution in [0.25, 0.3) is 10.8 Å². The molecule has 12 nitrogen and oxygen atoms in total. The highest BCUT2D eigenvalue weighted by molar-refractivity contribution is 7.46. The third-order valence-electron chi connectivity index (χ3n) is 8.23. The van der Waals surface area contributed by atoms with Gasteiger partial charge in [-0.1, -0.05) is 115 Å². The van der Waals surface area contributed by atoms with E-state index < -0.39 is 49.6 Å². The van der Waals surface area contributed by atoms with Crippen molar-refractivity contribution in [1.29, 1.82) is 0 Å². The van der Waals surface area contributed by atoms with Gasteiger partial charge in [-0.05, 0) is 45.2 Å². The standard InChI is InChI=1S/C39H38N3O9P/c43-36(25-29-15-18-30-13-7-8-14-31(30)21-29)40-33(22-26-9-3-1-4-10-26)37(44)41-34(23-27-11-5-2-6-12-27)38(45)42-35(39(46)47)24-28-16-19-32(20-17-28)51-52(48,49)50/h1-21,33-35H,22-25H2,(H,40,43)(H,41,44)(H,42,45)(H,46,47)(H2,48,49,50)/t33-,34+,35-/m0/s1. The van der Waals surface area contributed by atoms with Gasteiger partial charge in [0.15, 0.2) is 0 Å². The highest BCUT2D eigenvalue weighted by Crippen LogP contribution is 2.37. The van der Waals surface area contributed by atoms with Crippen molar-refractivity contribution in [3.63, 3.8) is 0 Å². The van der Waals surface area contributed by atoms with Crippen molar-refractivity contribution in [3.05, 3.63) is 150 Å². The van der Waals surface area contributed by atoms with Crippen LogP contribution in [0.2, 0.25) is 0 Å². The number of rotatable bonds is 16. The molecule has 5 aromatic rings. The molecular formula is C39H38N3O9P. The van der Waals surface area contributed by atoms with Gasteiger partial charge in [0.25, 0.3) is 0 Å². The fraction of sp³-hybridized carbons (Fsp3) is 0.179. The third kappa shape index (κ3) is 11.4. The van der Waals surface area contributed by atoms with Gasteiger partial charge in [-0.3, -0.25) is 24.2 Å². The molecule has 3 atom stereocenters. The SMILES string of the molecule is O=C(Cc1ccc2ccccc2c1)N[C@@H](Cc1ccccc1)C(=O)N[C@H](Cc1ccccc1)C(=O)N[C@@H](Cc1ccc(OP(=O)(O)O)cc1)C(=O)O. The van der Waals surface area contributed by atoms with Gasteiger partial charge in [0, 0.05) is 19.3 Å². The van der Waals surface area contributed by atoms with Gasteiger partial charge in [-0.15, -0.1) is 0 Å². The first-order valence-electron chi connectivity index (χ1n) is 16.4. The second kappa shape index (κ2) is 17.4. The van der Waals surface area contributed by atoms with Crippen molar-refractivity contribution in [3.8, 4) is 5.75 Å². The monoisotopic (exact) mass is 723 g/mol. The Morgan fingerprint density at radius 2 is 1.02 bits per heavy atom. The van der Waals surface area contributed by atoms with E-state index in [1.54, 1.807) is 30.3 Å². The molecule has 52 heavy (non-hydrogen) atoms. The zero-order valence-electron chi connectivity index (χ0n) is 27.9. The van der Waals surface area contributed by atoms with Gasteiger partial charge in [0.05, 0.1) is 6.42 Å². The van der Waals surface area contributed by atoms with Crippen molar-refractivity contribution in [2.24, 2.45) is 0 Å². The summed E-state index contributed by atoms with van der Waals surface area (Å²) in [6, 6.07) is 33.2. The van der Waals surface area contributed by atoms with E-state index >= 15 is 0 Å². The Labute approximate surface area is 300 Å². The lowest BCUT2D eigenvalue weighted by Gasteiger charge is -2.25. The Morgan fingerprint density at radius 3 is 1.58 bits per heavy atom. The van der Waals surface area contributed by atoms with Crippen LogP contribution in [0.1, 0.15) is 22.3 Å². The Bertz CT molecular complexity index is 2050. The minimum Gasteiger partial charge on any atom is -0.480 e. The normalized spacial score (nSPS) is 13.0. The van der Waals surface area contributed by atoms with Crippen molar-refractivity contribution < 1.29 is 43.2 Å². The number of amides is 3. The quantitative estimate of drug-likeness (QED) is 0.0814. The number of carboxylic acids is 1. The Kier molecular flexibility index (Phi) is 12.5. The minimum absolute atomic E-state index is 0.0179. The lowest BCUT2D eigenvalue weighted by Crippen LogP contribution is -2.57. The maximum atomic E-state index is 14.0. The summed E-state index contributed by atoms with van der Waals surface area (Å²) in [5, 5.41) is 20.1. The summed E-state index contributed by atoms with van der Waals surface area (Å²) in [5.74, 6) is -3.23. The summed E-state index contributed by atoms with van der Waals surface area (Å²) in [5.41, 5.74) is 2.68. The fourth-order valence-corrected chi connectivity index (χ4v) is 6.10. The number of aliphatic carboxylic acids is 1. The first-order valence-corrected chi connectivity index (χ1v) is 18.0. The highest BCUT2D eigenvalue weighted by Gasteiger charge is 2.30. The lowest BCUT2D eigenvalue weighted by molar-refractivity contribution is -0.142. The number of benzene rings is 5. The summed E-state index contributed by atoms with van der Waals surface area (Å²) in [7, 11) is -4.79. The molecule has 3 amide bonds. The Balaban J connectivity index is 1.33. The van der Waals surface area contributed by atoms with Crippen molar-refractivity contribution in [2.75, 3.05) is 0 Å². The second-order valence-electron chi connectivity index (χ2n) is 12.2. The van der Waals surface area contributed by atoms with Crippen LogP contribution in [0.15, 0.2) is 127 Å². The van der Waals surface area contributed by atoms with Crippen molar-refractivity contribution >= 4 is 42.3 Å². The summed E-state index contributed by atoms with van der Waals surface area (Å²) in [4.78, 5) is 71.4. The number of fused-ring (bicyclic) bond motifs is 1. The largest absolute Gasteiger partial charge is 0.524 e. The second-order valence-corrected chi connectivity index (χ2v) is 13.4. The molecule has 5 aromatic carbocycles. The Hall–Kier alpha value is -5.81. The van der Waals surface area contributed by atoms with Crippen LogP contribution in [0.3, 0.4) is 0 Å². The Morgan fingerprint density at radius 1 is 0.558 bits per heavy atom. The number of phosphoric ester groups is 1. The number of nitrogens with one attached hydrogen (secondary N) is 3. The van der Waals surface area contributed by atoms with Gasteiger partial charge >= 0.3 is 13.8 Å². The van der Waals surface area contributed by atoms with Gasteiger partial charge in [0.2, 0.25) is 17.7 Å². The smallest absolute Gasteiger partial charge is 0.480 e. The molecule has 6 N–H and O–H groups in total. The van der Waals surface area contributed by atoms with Gasteiger partial charge in [0.1, 0.15) is 23.9 Å². The zero-order chi connectivity index (χ0) is 37.1. The molecule has 0 aliphatic rings. The van der Waals surface area contributed by atoms with E-state index in [1.165, 1.54) is 24.3 Å². The fourth-order valence-electron chi connectivity index (χ4n) is 5.70. The minimum atomic E-state index is -4.79. The number of carboxylic acid groups (broad SMARTS) is 1. The molecule has 0 radical (unpaired) electrons. The van der Waals surface area contributed by atoms with E-state index in [1.807, 2.05) is 72.8 Å². The van der Waals surface area contributed by atoms with Crippen molar-refractivity contribution in [2.45, 2.75) is 43.8 Å². The van der Waals surface area contributed by atoms with E-state index in [-0.39, 0.29) is 31.4 Å². The van der Waals surface area contributed by atoms with E-state index in [0.29, 0.717) is 11.1 Å². The van der Waals surface area contributed by atoms with Crippen LogP contribution in [0.5, 0.6) is 5.75 Å². The number of carbonyl (C=O) groups excluding carboxylic acids is 3. The molecule has 0 spiro atoms. The van der Waals surface area contributed by atoms with Crippen LogP contribution in [-0.4, -0.2) is 56.7 Å². The van der Waals surface area contributed by atoms with Crippen LogP contribution in [-0.2, 0) is 49.4 Å². The van der Waals surface area contributed by atoms with E-state index in [2.05, 4.69) is 20.5 Å². The number of carbonyl (C=O) groups is 4. The first-order chi connectivity index (χ1) is 24.9. The molecule has 0 aromatic heterocycles. The summed E-state index contributed by atoms with van der Waals surface area (Å²) < 4.78 is 15.7. The van der Waals surface area contributed by atoms with E-state index in [0.717, 1.165) is 21.9 Å². The number of hydrogen-bond donors (Lipinski definition) is 6.